The highest BCUT2D eigenvalue weighted by molar-refractivity contribution is 6.11. The van der Waals surface area contributed by atoms with Gasteiger partial charge in [0.15, 0.2) is 0 Å². The second kappa shape index (κ2) is 7.63. The van der Waals surface area contributed by atoms with E-state index in [2.05, 4.69) is 22.4 Å². The number of hydrogen-bond acceptors (Lipinski definition) is 6. The lowest BCUT2D eigenvalue weighted by molar-refractivity contribution is -0.145. The quantitative estimate of drug-likeness (QED) is 0.820. The maximum Gasteiger partial charge on any atom is 0.307 e. The fraction of sp³-hybridized carbons (Fsp3) is 0.500. The molecule has 1 aromatic carbocycles. The largest absolute Gasteiger partial charge is 0.481 e. The summed E-state index contributed by atoms with van der Waals surface area (Å²) >= 11 is 0. The van der Waals surface area contributed by atoms with Crippen molar-refractivity contribution < 1.29 is 14.6 Å². The van der Waals surface area contributed by atoms with E-state index < -0.39 is 5.97 Å². The number of carboxylic acid groups (broad SMARTS) is 1. The Bertz CT molecular complexity index is 901. The second-order valence-electron chi connectivity index (χ2n) is 8.09. The minimum atomic E-state index is -0.691. The molecule has 2 fully saturated rings. The molecule has 0 radical (unpaired) electrons. The Kier molecular flexibility index (Phi) is 4.83. The third-order valence-electron chi connectivity index (χ3n) is 6.36. The molecular weight excluding hydrogens is 368 g/mol. The molecule has 0 amide bonds. The minimum absolute atomic E-state index is 0.107. The summed E-state index contributed by atoms with van der Waals surface area (Å²) in [5.74, 6) is -0.0532. The fourth-order valence-corrected chi connectivity index (χ4v) is 4.59. The van der Waals surface area contributed by atoms with E-state index in [9.17, 15) is 9.90 Å². The lowest BCUT2D eigenvalue weighted by atomic mass is 9.70. The molecule has 152 valence electrons. The van der Waals surface area contributed by atoms with E-state index >= 15 is 0 Å². The fourth-order valence-electron chi connectivity index (χ4n) is 4.59. The highest BCUT2D eigenvalue weighted by atomic mass is 16.5. The summed E-state index contributed by atoms with van der Waals surface area (Å²) in [4.78, 5) is 23.3. The topological polar surface area (TPSA) is 86.5 Å². The summed E-state index contributed by atoms with van der Waals surface area (Å²) in [6, 6.07) is 8.16. The number of rotatable bonds is 4. The van der Waals surface area contributed by atoms with Gasteiger partial charge in [0.25, 0.3) is 0 Å². The monoisotopic (exact) mass is 394 g/mol. The number of aliphatic imine (C=N–C) groups is 2. The molecule has 0 aromatic heterocycles. The van der Waals surface area contributed by atoms with Crippen molar-refractivity contribution in [2.45, 2.75) is 37.8 Å². The van der Waals surface area contributed by atoms with E-state index in [1.807, 2.05) is 18.2 Å². The van der Waals surface area contributed by atoms with E-state index in [0.29, 0.717) is 13.2 Å². The third-order valence-corrected chi connectivity index (χ3v) is 6.36. The molecule has 1 saturated heterocycles. The van der Waals surface area contributed by atoms with Crippen LogP contribution in [0, 0.1) is 5.92 Å². The number of guanidine groups is 1. The average molecular weight is 394 g/mol. The number of nitrogens with one attached hydrogen (secondary N) is 1. The molecular formula is C22H26N4O3. The summed E-state index contributed by atoms with van der Waals surface area (Å²) in [5, 5.41) is 13.0. The summed E-state index contributed by atoms with van der Waals surface area (Å²) in [7, 11) is 0. The lowest BCUT2D eigenvalue weighted by Gasteiger charge is -2.34. The zero-order chi connectivity index (χ0) is 19.8. The van der Waals surface area contributed by atoms with Gasteiger partial charge in [-0.2, -0.15) is 0 Å². The van der Waals surface area contributed by atoms with Gasteiger partial charge in [0.05, 0.1) is 24.8 Å². The van der Waals surface area contributed by atoms with Crippen LogP contribution in [0.15, 0.2) is 45.9 Å². The number of hydrogen-bond donors (Lipinski definition) is 2. The van der Waals surface area contributed by atoms with Crippen LogP contribution in [0.2, 0.25) is 0 Å². The Labute approximate surface area is 170 Å². The molecule has 7 nitrogen and oxygen atoms in total. The maximum absolute atomic E-state index is 11.4. The molecule has 3 unspecified atom stereocenters. The van der Waals surface area contributed by atoms with Crippen molar-refractivity contribution in [1.82, 2.24) is 4.90 Å². The number of morpholine rings is 1. The molecule has 2 aliphatic heterocycles. The van der Waals surface area contributed by atoms with Gasteiger partial charge in [-0.1, -0.05) is 18.2 Å². The van der Waals surface area contributed by atoms with Crippen LogP contribution >= 0.6 is 0 Å². The molecule has 4 aliphatic rings. The zero-order valence-electron chi connectivity index (χ0n) is 16.4. The van der Waals surface area contributed by atoms with E-state index in [4.69, 9.17) is 14.7 Å². The SMILES string of the molecule is O=C(O)C1CCC1c1cccc(NC2N=C(N3CCOCC3)N=C3CCC=C32)c1. The third kappa shape index (κ3) is 3.55. The Hall–Kier alpha value is -2.67. The summed E-state index contributed by atoms with van der Waals surface area (Å²) in [6.45, 7) is 3.04. The Morgan fingerprint density at radius 3 is 2.86 bits per heavy atom. The van der Waals surface area contributed by atoms with Crippen LogP contribution < -0.4 is 5.32 Å². The first kappa shape index (κ1) is 18.4. The minimum Gasteiger partial charge on any atom is -0.481 e. The van der Waals surface area contributed by atoms with Crippen LogP contribution in [0.5, 0.6) is 0 Å². The van der Waals surface area contributed by atoms with Gasteiger partial charge >= 0.3 is 5.97 Å². The molecule has 29 heavy (non-hydrogen) atoms. The number of ether oxygens (including phenoxy) is 1. The molecule has 5 rings (SSSR count). The standard InChI is InChI=1S/C22H26N4O3/c27-21(28)17-8-7-16(17)14-3-1-4-15(13-14)23-20-18-5-2-6-19(18)24-22(25-20)26-9-11-29-12-10-26/h1,3-5,13,16-17,20,23H,2,6-12H2,(H,27,28). The van der Waals surface area contributed by atoms with Crippen molar-refractivity contribution in [1.29, 1.82) is 0 Å². The van der Waals surface area contributed by atoms with Crippen LogP contribution in [0.3, 0.4) is 0 Å². The van der Waals surface area contributed by atoms with Crippen molar-refractivity contribution in [3.8, 4) is 0 Å². The van der Waals surface area contributed by atoms with Gasteiger partial charge < -0.3 is 20.1 Å². The molecule has 0 bridgehead atoms. The smallest absolute Gasteiger partial charge is 0.307 e. The van der Waals surface area contributed by atoms with E-state index in [1.54, 1.807) is 0 Å². The normalized spacial score (nSPS) is 28.6. The van der Waals surface area contributed by atoms with Gasteiger partial charge in [0.2, 0.25) is 5.96 Å². The Balaban J connectivity index is 1.37. The van der Waals surface area contributed by atoms with E-state index in [0.717, 1.165) is 61.7 Å². The highest BCUT2D eigenvalue weighted by Crippen LogP contribution is 2.43. The maximum atomic E-state index is 11.4. The average Bonchev–Trinajstić information content (AvgIpc) is 3.17. The van der Waals surface area contributed by atoms with Gasteiger partial charge in [-0.25, -0.2) is 9.98 Å². The molecule has 2 aliphatic carbocycles. The lowest BCUT2D eigenvalue weighted by Crippen LogP contribution is -2.43. The first-order chi connectivity index (χ1) is 14.2. The van der Waals surface area contributed by atoms with Crippen LogP contribution in [-0.2, 0) is 9.53 Å². The predicted molar refractivity (Wildman–Crippen MR) is 112 cm³/mol. The number of allylic oxidation sites excluding steroid dienone is 1. The first-order valence-corrected chi connectivity index (χ1v) is 10.5. The van der Waals surface area contributed by atoms with E-state index in [-0.39, 0.29) is 18.0 Å². The number of carbonyl (C=O) groups is 1. The molecule has 0 spiro atoms. The van der Waals surface area contributed by atoms with E-state index in [1.165, 1.54) is 5.57 Å². The van der Waals surface area contributed by atoms with Crippen molar-refractivity contribution in [3.05, 3.63) is 41.5 Å². The molecule has 3 atom stereocenters. The summed E-state index contributed by atoms with van der Waals surface area (Å²) in [6.07, 6.45) is 5.73. The number of benzene rings is 1. The molecule has 7 heteroatoms. The zero-order valence-corrected chi connectivity index (χ0v) is 16.4. The van der Waals surface area contributed by atoms with Gasteiger partial charge in [-0.3, -0.25) is 4.79 Å². The van der Waals surface area contributed by atoms with Gasteiger partial charge in [-0.15, -0.1) is 0 Å². The highest BCUT2D eigenvalue weighted by Gasteiger charge is 2.37. The first-order valence-electron chi connectivity index (χ1n) is 10.5. The van der Waals surface area contributed by atoms with Crippen LogP contribution in [0.25, 0.3) is 0 Å². The van der Waals surface area contributed by atoms with Crippen molar-refractivity contribution >= 4 is 23.3 Å². The summed E-state index contributed by atoms with van der Waals surface area (Å²) in [5.41, 5.74) is 4.36. The van der Waals surface area contributed by atoms with Gasteiger partial charge in [0, 0.05) is 24.4 Å². The second-order valence-corrected chi connectivity index (χ2v) is 8.09. The Morgan fingerprint density at radius 1 is 1.24 bits per heavy atom. The van der Waals surface area contributed by atoms with Crippen molar-refractivity contribution in [3.63, 3.8) is 0 Å². The van der Waals surface area contributed by atoms with Gasteiger partial charge in [0.1, 0.15) is 6.17 Å². The van der Waals surface area contributed by atoms with Crippen molar-refractivity contribution in [2.75, 3.05) is 31.6 Å². The van der Waals surface area contributed by atoms with Crippen LogP contribution in [-0.4, -0.2) is 60.1 Å². The number of carboxylic acids is 1. The van der Waals surface area contributed by atoms with Crippen molar-refractivity contribution in [2.24, 2.45) is 15.9 Å². The molecule has 2 heterocycles. The molecule has 2 N–H and O–H groups in total. The number of fused-ring (bicyclic) bond motifs is 1. The van der Waals surface area contributed by atoms with Gasteiger partial charge in [-0.05, 0) is 49.3 Å². The Morgan fingerprint density at radius 2 is 2.10 bits per heavy atom. The number of aliphatic carboxylic acids is 1. The van der Waals surface area contributed by atoms with Crippen LogP contribution in [0.1, 0.15) is 37.2 Å². The molecule has 1 saturated carbocycles. The number of nitrogens with zero attached hydrogens (tertiary/aromatic N) is 3. The predicted octanol–water partition coefficient (Wildman–Crippen LogP) is 2.87. The van der Waals surface area contributed by atoms with Crippen LogP contribution in [0.4, 0.5) is 5.69 Å². The summed E-state index contributed by atoms with van der Waals surface area (Å²) < 4.78 is 5.46. The molecule has 1 aromatic rings. The number of anilines is 1.